The Bertz CT molecular complexity index is 1000. The van der Waals surface area contributed by atoms with Crippen LogP contribution >= 0.6 is 106 Å². The minimum absolute atomic E-state index is 0. The van der Waals surface area contributed by atoms with Crippen LogP contribution in [0, 0.1) is 17.8 Å². The maximum Gasteiger partial charge on any atom is 0.320 e. The maximum atomic E-state index is 13.0. The number of carboxylic acids is 2. The molecule has 1 aromatic rings. The molecule has 1 unspecified atom stereocenters. The number of unbranched alkanes of at least 4 members (excludes halogenated alkanes) is 1. The molecule has 1 aliphatic heterocycles. The number of ether oxygens (including phenoxy) is 1. The molecule has 0 spiro atoms. The third-order valence-corrected chi connectivity index (χ3v) is 9.93. The zero-order chi connectivity index (χ0) is 34.3. The van der Waals surface area contributed by atoms with E-state index >= 15 is 0 Å². The number of halogens is 6. The molecule has 46 heavy (non-hydrogen) atoms. The van der Waals surface area contributed by atoms with Crippen LogP contribution in [0.1, 0.15) is 84.1 Å². The van der Waals surface area contributed by atoms with Gasteiger partial charge < -0.3 is 20.3 Å². The summed E-state index contributed by atoms with van der Waals surface area (Å²) in [6.45, 7) is 6.12. The van der Waals surface area contributed by atoms with Gasteiger partial charge in [-0.15, -0.1) is 24.0 Å². The van der Waals surface area contributed by atoms with Crippen LogP contribution in [0.2, 0.25) is 0 Å². The number of carbonyl (C=O) groups is 3. The first-order valence-electron chi connectivity index (χ1n) is 15.1. The molecule has 1 aliphatic carbocycles. The Morgan fingerprint density at radius 1 is 1.02 bits per heavy atom. The van der Waals surface area contributed by atoms with Gasteiger partial charge in [0.25, 0.3) is 0 Å². The van der Waals surface area contributed by atoms with Gasteiger partial charge in [0.05, 0.1) is 0 Å². The summed E-state index contributed by atoms with van der Waals surface area (Å²) < 4.78 is 23.8. The van der Waals surface area contributed by atoms with E-state index in [4.69, 9.17) is 19.5 Å². The molecule has 0 amide bonds. The summed E-state index contributed by atoms with van der Waals surface area (Å²) in [5, 5.41) is 21.1. The molecule has 2 aliphatic rings. The summed E-state index contributed by atoms with van der Waals surface area (Å²) in [5.41, 5.74) is 1.18. The molecule has 1 saturated carbocycles. The van der Waals surface area contributed by atoms with E-state index in [-0.39, 0.29) is 48.5 Å². The van der Waals surface area contributed by atoms with Crippen LogP contribution in [0.25, 0.3) is 0 Å². The number of nitrogens with one attached hydrogen (secondary N) is 1. The average molecular weight is 1340 g/mol. The Hall–Kier alpha value is 2.16. The Balaban J connectivity index is 0. The van der Waals surface area contributed by atoms with Crippen LogP contribution in [0.15, 0.2) is 30.3 Å². The van der Waals surface area contributed by atoms with Crippen molar-refractivity contribution in [1.82, 2.24) is 5.32 Å². The standard InChI is InChI=1S/C19H29O6P.C11H19NO2.I3.I2.HI/c1-4-18(22)24-19(15(2)3)25-26(23,14-17(20)21)13-9-8-12-16-10-6-5-7-11-16;13-11(14)10-6-9(7-12-10)8-4-2-1-3-5-8;1-3-2;1-2;/h5-7,10-11,15,19H,4,8-9,12-14H2,1-3H3,(H,20,21);8-10,12H,1-7H2,(H,13,14);;;1H/q;;-1;;/t19-,26?;9-,10+;;;/m01.../s1. The first-order valence-corrected chi connectivity index (χ1v) is 36.0. The molecular weight excluding hydrogens is 1290 g/mol. The van der Waals surface area contributed by atoms with Crippen molar-refractivity contribution in [2.45, 2.75) is 97.3 Å². The van der Waals surface area contributed by atoms with Gasteiger partial charge in [-0.05, 0) is 49.6 Å². The molecule has 0 aromatic heterocycles. The quantitative estimate of drug-likeness (QED) is 0.0585. The Labute approximate surface area is 345 Å². The number of aliphatic carboxylic acids is 2. The predicted octanol–water partition coefficient (Wildman–Crippen LogP) is 7.12. The van der Waals surface area contributed by atoms with Gasteiger partial charge in [-0.1, -0.05) is 83.2 Å². The normalized spacial score (nSPS) is 19.4. The number of hydrogen-bond acceptors (Lipinski definition) is 7. The summed E-state index contributed by atoms with van der Waals surface area (Å²) in [6, 6.07) is 9.63. The van der Waals surface area contributed by atoms with E-state index in [9.17, 15) is 18.9 Å². The molecular formula is C30H49I6NO8P-. The van der Waals surface area contributed by atoms with Gasteiger partial charge in [0.1, 0.15) is 12.2 Å². The van der Waals surface area contributed by atoms with Gasteiger partial charge in [0, 0.05) is 55.7 Å². The van der Waals surface area contributed by atoms with Crippen LogP contribution in [-0.4, -0.2) is 59.3 Å². The molecule has 270 valence electrons. The van der Waals surface area contributed by atoms with E-state index in [1.807, 2.05) is 30.3 Å². The SMILES string of the molecule is CCC(=O)O[C@@H](OP(=O)(CCCCc1ccccc1)CC(=O)O)C(C)C.I.II.I[I-]I.O=C(O)[C@@H]1C[C@@H](C2CCCCC2)CN1. The van der Waals surface area contributed by atoms with Crippen molar-refractivity contribution in [1.29, 1.82) is 0 Å². The molecule has 16 heteroatoms. The van der Waals surface area contributed by atoms with Gasteiger partial charge in [-0.25, -0.2) is 0 Å². The zero-order valence-corrected chi connectivity index (χ0v) is 40.6. The third kappa shape index (κ3) is 23.6. The maximum absolute atomic E-state index is 13.0. The molecule has 1 heterocycles. The van der Waals surface area contributed by atoms with Crippen molar-refractivity contribution in [3.8, 4) is 0 Å². The fourth-order valence-corrected chi connectivity index (χ4v) is 7.42. The number of benzene rings is 1. The van der Waals surface area contributed by atoms with E-state index in [1.54, 1.807) is 20.8 Å². The smallest absolute Gasteiger partial charge is 0.320 e. The van der Waals surface area contributed by atoms with Crippen LogP contribution < -0.4 is 18.6 Å². The topological polar surface area (TPSA) is 139 Å². The largest absolute Gasteiger partial charge is 0.480 e. The van der Waals surface area contributed by atoms with Crippen molar-refractivity contribution >= 4 is 124 Å². The van der Waals surface area contributed by atoms with Crippen molar-refractivity contribution in [2.24, 2.45) is 17.8 Å². The third-order valence-electron chi connectivity index (χ3n) is 7.59. The summed E-state index contributed by atoms with van der Waals surface area (Å²) in [6.07, 6.45) is 8.49. The average Bonchev–Trinajstić information content (AvgIpc) is 3.52. The van der Waals surface area contributed by atoms with Crippen LogP contribution in [0.5, 0.6) is 0 Å². The molecule has 0 bridgehead atoms. The number of carbonyl (C=O) groups excluding carboxylic acids is 1. The molecule has 4 atom stereocenters. The summed E-state index contributed by atoms with van der Waals surface area (Å²) in [4.78, 5) is 33.4. The molecule has 9 nitrogen and oxygen atoms in total. The predicted molar refractivity (Wildman–Crippen MR) is 226 cm³/mol. The molecule has 3 N–H and O–H groups in total. The molecule has 0 radical (unpaired) electrons. The van der Waals surface area contributed by atoms with Crippen molar-refractivity contribution < 1.29 is 51.7 Å². The number of carboxylic acid groups (broad SMARTS) is 2. The minimum atomic E-state index is -3.45. The fraction of sp³-hybridized carbons (Fsp3) is 0.700. The van der Waals surface area contributed by atoms with E-state index in [2.05, 4.69) is 79.8 Å². The van der Waals surface area contributed by atoms with Crippen molar-refractivity contribution in [3.05, 3.63) is 35.9 Å². The zero-order valence-electron chi connectivity index (χ0n) is 26.6. The van der Waals surface area contributed by atoms with Crippen LogP contribution in [0.3, 0.4) is 0 Å². The molecule has 2 fully saturated rings. The second-order valence-corrected chi connectivity index (χ2v) is 30.2. The van der Waals surface area contributed by atoms with E-state index < -0.39 is 37.7 Å². The van der Waals surface area contributed by atoms with Gasteiger partial charge in [0.15, 0.2) is 0 Å². The minimum Gasteiger partial charge on any atom is -0.480 e. The van der Waals surface area contributed by atoms with Crippen molar-refractivity contribution in [3.63, 3.8) is 0 Å². The Morgan fingerprint density at radius 3 is 2.09 bits per heavy atom. The van der Waals surface area contributed by atoms with E-state index in [0.29, 0.717) is 25.6 Å². The summed E-state index contributed by atoms with van der Waals surface area (Å²) in [5.74, 6) is -1.13. The fourth-order valence-electron chi connectivity index (χ4n) is 5.30. The number of esters is 1. The monoisotopic (exact) mass is 1340 g/mol. The Kier molecular flexibility index (Phi) is 33.6. The van der Waals surface area contributed by atoms with Crippen LogP contribution in [0.4, 0.5) is 0 Å². The van der Waals surface area contributed by atoms with E-state index in [0.717, 1.165) is 31.7 Å². The number of hydrogen-bond donors (Lipinski definition) is 3. The second-order valence-electron chi connectivity index (χ2n) is 11.3. The van der Waals surface area contributed by atoms with Gasteiger partial charge in [0.2, 0.25) is 13.7 Å². The van der Waals surface area contributed by atoms with Gasteiger partial charge in [-0.2, -0.15) is 0 Å². The first kappa shape index (κ1) is 50.3. The van der Waals surface area contributed by atoms with Crippen LogP contribution in [-0.2, 0) is 34.6 Å². The van der Waals surface area contributed by atoms with E-state index in [1.165, 1.54) is 37.7 Å². The number of rotatable bonds is 14. The summed E-state index contributed by atoms with van der Waals surface area (Å²) in [7, 11) is -3.45. The second kappa shape index (κ2) is 30.8. The van der Waals surface area contributed by atoms with Gasteiger partial charge >= 0.3 is 68.4 Å². The van der Waals surface area contributed by atoms with Gasteiger partial charge in [-0.3, -0.25) is 23.5 Å². The molecule has 3 rings (SSSR count). The number of aryl methyl sites for hydroxylation is 1. The Morgan fingerprint density at radius 2 is 1.61 bits per heavy atom. The molecule has 1 aromatic carbocycles. The molecule has 1 saturated heterocycles. The van der Waals surface area contributed by atoms with Crippen molar-refractivity contribution in [2.75, 3.05) is 18.9 Å². The summed E-state index contributed by atoms with van der Waals surface area (Å²) >= 11 is 9.54. The first-order chi connectivity index (χ1) is 21.4.